The summed E-state index contributed by atoms with van der Waals surface area (Å²) in [6.07, 6.45) is 2.74. The van der Waals surface area contributed by atoms with Gasteiger partial charge in [-0.25, -0.2) is 0 Å². The maximum Gasteiger partial charge on any atom is 0.0971 e. The molecule has 0 fully saturated rings. The van der Waals surface area contributed by atoms with Gasteiger partial charge < -0.3 is 10.1 Å². The fourth-order valence-corrected chi connectivity index (χ4v) is 3.40. The molecule has 1 aliphatic carbocycles. The van der Waals surface area contributed by atoms with Crippen molar-refractivity contribution in [3.05, 3.63) is 57.9 Å². The number of aromatic amines is 1. The van der Waals surface area contributed by atoms with Gasteiger partial charge in [0.05, 0.1) is 6.10 Å². The van der Waals surface area contributed by atoms with E-state index in [1.807, 2.05) is 0 Å². The van der Waals surface area contributed by atoms with Gasteiger partial charge in [0, 0.05) is 11.4 Å². The molecular weight excluding hydrogens is 246 g/mol. The van der Waals surface area contributed by atoms with E-state index in [2.05, 4.69) is 50.0 Å². The number of hydrogen-bond donors (Lipinski definition) is 2. The zero-order chi connectivity index (χ0) is 14.3. The molecule has 1 aromatic carbocycles. The van der Waals surface area contributed by atoms with Crippen LogP contribution in [-0.2, 0) is 12.8 Å². The van der Waals surface area contributed by atoms with Crippen LogP contribution in [0.3, 0.4) is 0 Å². The van der Waals surface area contributed by atoms with E-state index in [1.54, 1.807) is 0 Å². The standard InChI is InChI=1S/C18H23NO/c1-11-12(2)17(19-13(11)3)18(20)16-9-8-14-6-4-5-7-15(14)10-16/h4-7,16,18-20H,8-10H2,1-3H3. The molecule has 2 N–H and O–H groups in total. The van der Waals surface area contributed by atoms with Crippen molar-refractivity contribution in [1.29, 1.82) is 0 Å². The largest absolute Gasteiger partial charge is 0.387 e. The van der Waals surface area contributed by atoms with E-state index in [1.165, 1.54) is 27.9 Å². The Kier molecular flexibility index (Phi) is 3.43. The normalized spacial score (nSPS) is 19.7. The molecule has 3 rings (SSSR count). The number of aliphatic hydroxyl groups is 1. The molecule has 106 valence electrons. The second-order valence-electron chi connectivity index (χ2n) is 6.13. The van der Waals surface area contributed by atoms with Crippen LogP contribution in [-0.4, -0.2) is 10.1 Å². The number of aromatic nitrogens is 1. The van der Waals surface area contributed by atoms with Crippen molar-refractivity contribution in [3.8, 4) is 0 Å². The van der Waals surface area contributed by atoms with Crippen molar-refractivity contribution in [1.82, 2.24) is 4.98 Å². The molecule has 20 heavy (non-hydrogen) atoms. The van der Waals surface area contributed by atoms with Gasteiger partial charge in [-0.15, -0.1) is 0 Å². The van der Waals surface area contributed by atoms with E-state index < -0.39 is 0 Å². The molecule has 0 aliphatic heterocycles. The SMILES string of the molecule is Cc1[nH]c(C(O)C2CCc3ccccc3C2)c(C)c1C. The van der Waals surface area contributed by atoms with E-state index in [4.69, 9.17) is 0 Å². The van der Waals surface area contributed by atoms with E-state index in [-0.39, 0.29) is 6.10 Å². The topological polar surface area (TPSA) is 36.0 Å². The number of aliphatic hydroxyl groups excluding tert-OH is 1. The summed E-state index contributed by atoms with van der Waals surface area (Å²) >= 11 is 0. The Labute approximate surface area is 120 Å². The lowest BCUT2D eigenvalue weighted by atomic mass is 9.80. The van der Waals surface area contributed by atoms with E-state index in [9.17, 15) is 5.11 Å². The quantitative estimate of drug-likeness (QED) is 0.855. The van der Waals surface area contributed by atoms with Gasteiger partial charge in [0.15, 0.2) is 0 Å². The van der Waals surface area contributed by atoms with Gasteiger partial charge in [0.1, 0.15) is 0 Å². The minimum absolute atomic E-state index is 0.320. The third kappa shape index (κ3) is 2.18. The second-order valence-corrected chi connectivity index (χ2v) is 6.13. The van der Waals surface area contributed by atoms with Crippen LogP contribution in [0.5, 0.6) is 0 Å². The number of hydrogen-bond acceptors (Lipinski definition) is 1. The van der Waals surface area contributed by atoms with Crippen LogP contribution in [0.25, 0.3) is 0 Å². The number of nitrogens with one attached hydrogen (secondary N) is 1. The number of benzene rings is 1. The van der Waals surface area contributed by atoms with Crippen molar-refractivity contribution in [3.63, 3.8) is 0 Å². The Balaban J connectivity index is 1.85. The molecule has 1 heterocycles. The molecule has 2 atom stereocenters. The molecule has 0 radical (unpaired) electrons. The van der Waals surface area contributed by atoms with Crippen LogP contribution < -0.4 is 0 Å². The smallest absolute Gasteiger partial charge is 0.0971 e. The first-order valence-corrected chi connectivity index (χ1v) is 7.48. The van der Waals surface area contributed by atoms with Gasteiger partial charge in [-0.2, -0.15) is 0 Å². The maximum absolute atomic E-state index is 10.8. The van der Waals surface area contributed by atoms with E-state index >= 15 is 0 Å². The Morgan fingerprint density at radius 2 is 1.80 bits per heavy atom. The molecule has 0 bridgehead atoms. The third-order valence-electron chi connectivity index (χ3n) is 4.98. The van der Waals surface area contributed by atoms with Crippen molar-refractivity contribution in [2.45, 2.75) is 46.1 Å². The Morgan fingerprint density at radius 3 is 2.45 bits per heavy atom. The maximum atomic E-state index is 10.8. The number of rotatable bonds is 2. The minimum atomic E-state index is -0.379. The van der Waals surface area contributed by atoms with Crippen LogP contribution in [0, 0.1) is 26.7 Å². The van der Waals surface area contributed by atoms with Gasteiger partial charge in [-0.3, -0.25) is 0 Å². The molecule has 1 aliphatic rings. The first kappa shape index (κ1) is 13.4. The van der Waals surface area contributed by atoms with Crippen LogP contribution in [0.2, 0.25) is 0 Å². The predicted octanol–water partition coefficient (Wildman–Crippen LogP) is 3.78. The first-order valence-electron chi connectivity index (χ1n) is 7.48. The molecule has 2 unspecified atom stereocenters. The number of H-pyrrole nitrogens is 1. The molecule has 0 spiro atoms. The Morgan fingerprint density at radius 1 is 1.10 bits per heavy atom. The molecule has 0 saturated heterocycles. The lowest BCUT2D eigenvalue weighted by molar-refractivity contribution is 0.0953. The summed E-state index contributed by atoms with van der Waals surface area (Å²) in [5.41, 5.74) is 7.54. The highest BCUT2D eigenvalue weighted by atomic mass is 16.3. The molecule has 0 amide bonds. The van der Waals surface area contributed by atoms with E-state index in [0.29, 0.717) is 5.92 Å². The number of fused-ring (bicyclic) bond motifs is 1. The van der Waals surface area contributed by atoms with Crippen molar-refractivity contribution >= 4 is 0 Å². The average Bonchev–Trinajstić information content (AvgIpc) is 2.73. The van der Waals surface area contributed by atoms with Gasteiger partial charge in [0.25, 0.3) is 0 Å². The fraction of sp³-hybridized carbons (Fsp3) is 0.444. The zero-order valence-electron chi connectivity index (χ0n) is 12.5. The Hall–Kier alpha value is -1.54. The molecular formula is C18H23NO. The first-order chi connectivity index (χ1) is 9.58. The summed E-state index contributed by atoms with van der Waals surface area (Å²) in [7, 11) is 0. The van der Waals surface area contributed by atoms with Crippen molar-refractivity contribution < 1.29 is 5.11 Å². The zero-order valence-corrected chi connectivity index (χ0v) is 12.5. The van der Waals surface area contributed by atoms with Crippen molar-refractivity contribution in [2.75, 3.05) is 0 Å². The third-order valence-corrected chi connectivity index (χ3v) is 4.98. The lowest BCUT2D eigenvalue weighted by Gasteiger charge is -2.28. The minimum Gasteiger partial charge on any atom is -0.387 e. The highest BCUT2D eigenvalue weighted by Gasteiger charge is 2.28. The van der Waals surface area contributed by atoms with Crippen molar-refractivity contribution in [2.24, 2.45) is 5.92 Å². The van der Waals surface area contributed by atoms with Crippen LogP contribution >= 0.6 is 0 Å². The molecule has 2 nitrogen and oxygen atoms in total. The number of aryl methyl sites for hydroxylation is 2. The summed E-state index contributed by atoms with van der Waals surface area (Å²) in [5.74, 6) is 0.320. The predicted molar refractivity (Wildman–Crippen MR) is 81.9 cm³/mol. The summed E-state index contributed by atoms with van der Waals surface area (Å²) in [4.78, 5) is 3.38. The van der Waals surface area contributed by atoms with Crippen LogP contribution in [0.15, 0.2) is 24.3 Å². The van der Waals surface area contributed by atoms with Crippen LogP contribution in [0.1, 0.15) is 46.2 Å². The Bertz CT molecular complexity index is 626. The molecule has 2 aromatic rings. The van der Waals surface area contributed by atoms with Gasteiger partial charge in [-0.1, -0.05) is 24.3 Å². The summed E-state index contributed by atoms with van der Waals surface area (Å²) < 4.78 is 0. The van der Waals surface area contributed by atoms with Gasteiger partial charge >= 0.3 is 0 Å². The second kappa shape index (κ2) is 5.10. The summed E-state index contributed by atoms with van der Waals surface area (Å²) in [6.45, 7) is 6.30. The highest BCUT2D eigenvalue weighted by molar-refractivity contribution is 5.36. The van der Waals surface area contributed by atoms with Gasteiger partial charge in [-0.05, 0) is 68.2 Å². The summed E-state index contributed by atoms with van der Waals surface area (Å²) in [5, 5.41) is 10.8. The molecule has 0 saturated carbocycles. The highest BCUT2D eigenvalue weighted by Crippen LogP contribution is 2.35. The monoisotopic (exact) mass is 269 g/mol. The fourth-order valence-electron chi connectivity index (χ4n) is 3.40. The molecule has 2 heteroatoms. The van der Waals surface area contributed by atoms with Crippen LogP contribution in [0.4, 0.5) is 0 Å². The average molecular weight is 269 g/mol. The molecule has 1 aromatic heterocycles. The van der Waals surface area contributed by atoms with Gasteiger partial charge in [0.2, 0.25) is 0 Å². The van der Waals surface area contributed by atoms with E-state index in [0.717, 1.165) is 25.0 Å². The summed E-state index contributed by atoms with van der Waals surface area (Å²) in [6, 6.07) is 8.62. The lowest BCUT2D eigenvalue weighted by Crippen LogP contribution is -2.21.